The van der Waals surface area contributed by atoms with Gasteiger partial charge in [-0.3, -0.25) is 4.79 Å². The molecule has 0 bridgehead atoms. The molecule has 4 atom stereocenters. The highest BCUT2D eigenvalue weighted by Gasteiger charge is 2.49. The molecule has 0 radical (unpaired) electrons. The summed E-state index contributed by atoms with van der Waals surface area (Å²) in [7, 11) is -1.78. The van der Waals surface area contributed by atoms with Gasteiger partial charge in [0, 0.05) is 12.3 Å². The molecule has 0 spiro atoms. The van der Waals surface area contributed by atoms with Gasteiger partial charge in [0.2, 0.25) is 0 Å². The number of carbonyl (C=O) groups is 1. The van der Waals surface area contributed by atoms with Gasteiger partial charge in [-0.1, -0.05) is 51.8 Å². The zero-order valence-corrected chi connectivity index (χ0v) is 18.9. The molecule has 0 amide bonds. The van der Waals surface area contributed by atoms with Crippen molar-refractivity contribution >= 4 is 14.1 Å². The monoisotopic (exact) mass is 374 g/mol. The Kier molecular flexibility index (Phi) is 5.44. The number of allylic oxidation sites excluding steroid dienone is 4. The molecular formula is C23H38O2Si. The number of carbonyl (C=O) groups excluding carboxylic acids is 1. The molecule has 3 aliphatic carbocycles. The normalized spacial score (nSPS) is 35.1. The highest BCUT2D eigenvalue weighted by molar-refractivity contribution is 6.72. The summed E-state index contributed by atoms with van der Waals surface area (Å²) in [6.07, 6.45) is 9.78. The van der Waals surface area contributed by atoms with Crippen molar-refractivity contribution < 1.29 is 9.22 Å². The van der Waals surface area contributed by atoms with Gasteiger partial charge < -0.3 is 4.43 Å². The largest absolute Gasteiger partial charge is 0.413 e. The van der Waals surface area contributed by atoms with E-state index in [-0.39, 0.29) is 11.9 Å². The molecule has 26 heavy (non-hydrogen) atoms. The first kappa shape index (κ1) is 20.1. The van der Waals surface area contributed by atoms with Gasteiger partial charge >= 0.3 is 0 Å². The van der Waals surface area contributed by atoms with Crippen LogP contribution >= 0.6 is 0 Å². The molecule has 3 heteroatoms. The minimum absolute atomic E-state index is 0.0950. The topological polar surface area (TPSA) is 26.3 Å². The Bertz CT molecular complexity index is 628. The van der Waals surface area contributed by atoms with Crippen molar-refractivity contribution in [1.29, 1.82) is 0 Å². The average Bonchev–Trinajstić information content (AvgIpc) is 2.81. The summed E-state index contributed by atoms with van der Waals surface area (Å²) in [4.78, 5) is 12.5. The number of hydrogen-bond acceptors (Lipinski definition) is 2. The lowest BCUT2D eigenvalue weighted by Gasteiger charge is -2.46. The van der Waals surface area contributed by atoms with E-state index in [0.29, 0.717) is 35.1 Å². The van der Waals surface area contributed by atoms with Crippen molar-refractivity contribution in [3.63, 3.8) is 0 Å². The van der Waals surface area contributed by atoms with Crippen LogP contribution in [0.25, 0.3) is 0 Å². The fraction of sp³-hybridized carbons (Fsp3) is 0.783. The number of ketones is 1. The van der Waals surface area contributed by atoms with Gasteiger partial charge in [0.15, 0.2) is 14.1 Å². The van der Waals surface area contributed by atoms with Crippen LogP contribution in [0, 0.1) is 23.2 Å². The van der Waals surface area contributed by atoms with Crippen molar-refractivity contribution in [1.82, 2.24) is 0 Å². The minimum Gasteiger partial charge on any atom is -0.413 e. The van der Waals surface area contributed by atoms with E-state index in [1.54, 1.807) is 11.1 Å². The van der Waals surface area contributed by atoms with Crippen LogP contribution in [0.2, 0.25) is 18.6 Å². The third-order valence-electron chi connectivity index (χ3n) is 7.68. The molecule has 0 aromatic carbocycles. The highest BCUT2D eigenvalue weighted by Crippen LogP contribution is 2.58. The first-order valence-electron chi connectivity index (χ1n) is 10.7. The quantitative estimate of drug-likeness (QED) is 0.426. The van der Waals surface area contributed by atoms with Crippen LogP contribution in [-0.2, 0) is 9.22 Å². The molecule has 0 unspecified atom stereocenters. The molecule has 0 N–H and O–H groups in total. The molecule has 2 nitrogen and oxygen atoms in total. The van der Waals surface area contributed by atoms with E-state index >= 15 is 0 Å². The Hall–Kier alpha value is -0.673. The first-order valence-corrected chi connectivity index (χ1v) is 13.7. The average molecular weight is 375 g/mol. The second-order valence-corrected chi connectivity index (χ2v) is 14.9. The molecule has 0 heterocycles. The van der Waals surface area contributed by atoms with Gasteiger partial charge in [0.25, 0.3) is 0 Å². The molecule has 0 aromatic rings. The van der Waals surface area contributed by atoms with Crippen LogP contribution in [-0.4, -0.2) is 20.2 Å². The van der Waals surface area contributed by atoms with E-state index in [1.165, 1.54) is 25.7 Å². The lowest BCUT2D eigenvalue weighted by Crippen LogP contribution is -2.45. The van der Waals surface area contributed by atoms with E-state index in [1.807, 2.05) is 6.08 Å². The van der Waals surface area contributed by atoms with Gasteiger partial charge in [-0.15, -0.1) is 0 Å². The summed E-state index contributed by atoms with van der Waals surface area (Å²) in [6, 6.07) is 0. The van der Waals surface area contributed by atoms with Crippen molar-refractivity contribution in [2.75, 3.05) is 0 Å². The van der Waals surface area contributed by atoms with Gasteiger partial charge in [-0.25, -0.2) is 0 Å². The summed E-state index contributed by atoms with van der Waals surface area (Å²) >= 11 is 0. The minimum atomic E-state index is -1.78. The van der Waals surface area contributed by atoms with Crippen molar-refractivity contribution in [3.8, 4) is 0 Å². The number of hydrogen-bond donors (Lipinski definition) is 0. The summed E-state index contributed by atoms with van der Waals surface area (Å²) in [5, 5.41) is 0. The van der Waals surface area contributed by atoms with E-state index < -0.39 is 8.32 Å². The summed E-state index contributed by atoms with van der Waals surface area (Å²) in [5.41, 5.74) is 4.25. The molecule has 1 saturated carbocycles. The molecule has 1 fully saturated rings. The molecule has 3 rings (SSSR count). The van der Waals surface area contributed by atoms with Gasteiger partial charge in [0.1, 0.15) is 0 Å². The Balaban J connectivity index is 1.99. The lowest BCUT2D eigenvalue weighted by atomic mass is 9.61. The van der Waals surface area contributed by atoms with E-state index in [9.17, 15) is 4.79 Å². The Morgan fingerprint density at radius 2 is 1.88 bits per heavy atom. The fourth-order valence-corrected chi connectivity index (χ4v) is 6.67. The van der Waals surface area contributed by atoms with Gasteiger partial charge in [0.05, 0.1) is 6.10 Å². The molecule has 0 aromatic heterocycles. The molecule has 146 valence electrons. The van der Waals surface area contributed by atoms with Crippen LogP contribution in [0.3, 0.4) is 0 Å². The maximum Gasteiger partial charge on any atom is 0.189 e. The first-order chi connectivity index (χ1) is 12.0. The summed E-state index contributed by atoms with van der Waals surface area (Å²) in [6.45, 7) is 16.3. The van der Waals surface area contributed by atoms with E-state index in [2.05, 4.69) is 53.8 Å². The van der Waals surface area contributed by atoms with Gasteiger partial charge in [-0.05, 0) is 67.6 Å². The Morgan fingerprint density at radius 1 is 1.19 bits per heavy atom. The maximum atomic E-state index is 12.5. The van der Waals surface area contributed by atoms with E-state index in [0.717, 1.165) is 0 Å². The standard InChI is InChI=1S/C23H38O2Si/c1-15(2)18-10-12-23(5)13-11-19-20(22(18)23)9-8-17(24)14-21(19)25-26(6,7)16(3)4/h8-9,15-16,19-21H,10-14H2,1-7H3/t19-,20-,21+,23-/m1/s1. The second kappa shape index (κ2) is 7.05. The summed E-state index contributed by atoms with van der Waals surface area (Å²) < 4.78 is 6.79. The third kappa shape index (κ3) is 3.54. The number of fused-ring (bicyclic) bond motifs is 3. The second-order valence-electron chi connectivity index (χ2n) is 10.3. The van der Waals surface area contributed by atoms with Crippen LogP contribution < -0.4 is 0 Å². The zero-order valence-electron chi connectivity index (χ0n) is 17.9. The van der Waals surface area contributed by atoms with Crippen LogP contribution in [0.15, 0.2) is 23.3 Å². The zero-order chi connectivity index (χ0) is 19.3. The molecule has 0 aliphatic heterocycles. The van der Waals surface area contributed by atoms with Crippen molar-refractivity contribution in [2.45, 2.75) is 91.5 Å². The maximum absolute atomic E-state index is 12.5. The predicted octanol–water partition coefficient (Wildman–Crippen LogP) is 6.29. The highest BCUT2D eigenvalue weighted by atomic mass is 28.4. The molecule has 3 aliphatic rings. The van der Waals surface area contributed by atoms with Crippen molar-refractivity contribution in [3.05, 3.63) is 23.3 Å². The molecular weight excluding hydrogens is 336 g/mol. The Morgan fingerprint density at radius 3 is 2.50 bits per heavy atom. The Labute approximate surface area is 161 Å². The third-order valence-corrected chi connectivity index (χ3v) is 11.4. The smallest absolute Gasteiger partial charge is 0.189 e. The van der Waals surface area contributed by atoms with Gasteiger partial charge in [-0.2, -0.15) is 0 Å². The summed E-state index contributed by atoms with van der Waals surface area (Å²) in [5.74, 6) is 1.74. The predicted molar refractivity (Wildman–Crippen MR) is 112 cm³/mol. The SMILES string of the molecule is CC(C)C1=C2[C@@H]3C=CC(=O)C[C@H](O[Si](C)(C)C(C)C)[C@@H]3CC[C@@]2(C)CC1. The van der Waals surface area contributed by atoms with Crippen molar-refractivity contribution in [2.24, 2.45) is 23.2 Å². The molecule has 0 saturated heterocycles. The fourth-order valence-electron chi connectivity index (χ4n) is 5.36. The van der Waals surface area contributed by atoms with E-state index in [4.69, 9.17) is 4.43 Å². The van der Waals surface area contributed by atoms with Crippen LogP contribution in [0.5, 0.6) is 0 Å². The van der Waals surface area contributed by atoms with Crippen LogP contribution in [0.4, 0.5) is 0 Å². The lowest BCUT2D eigenvalue weighted by molar-refractivity contribution is -0.116. The number of rotatable bonds is 4. The van der Waals surface area contributed by atoms with Crippen LogP contribution in [0.1, 0.15) is 66.7 Å².